The standard InChI is InChI=1S/C11H14N4O/c1-7-4-5-9(16-3)8(6-7)10-13-11(12)15(2)14-10/h4-6H,1-3H3,(H2,12,13,14). The van der Waals surface area contributed by atoms with Crippen LogP contribution in [0.15, 0.2) is 18.2 Å². The number of anilines is 1. The van der Waals surface area contributed by atoms with Gasteiger partial charge in [0.2, 0.25) is 5.95 Å². The van der Waals surface area contributed by atoms with Gasteiger partial charge in [-0.05, 0) is 19.1 Å². The Labute approximate surface area is 93.9 Å². The number of nitrogens with zero attached hydrogens (tertiary/aromatic N) is 3. The molecule has 1 aromatic carbocycles. The van der Waals surface area contributed by atoms with Crippen LogP contribution in [0.3, 0.4) is 0 Å². The van der Waals surface area contributed by atoms with Crippen molar-refractivity contribution in [3.05, 3.63) is 23.8 Å². The molecule has 0 aliphatic carbocycles. The number of nitrogens with two attached hydrogens (primary N) is 1. The average molecular weight is 218 g/mol. The molecule has 2 aromatic rings. The fourth-order valence-electron chi connectivity index (χ4n) is 1.51. The van der Waals surface area contributed by atoms with Crippen molar-refractivity contribution in [3.8, 4) is 17.1 Å². The molecule has 1 aromatic heterocycles. The highest BCUT2D eigenvalue weighted by Gasteiger charge is 2.12. The highest BCUT2D eigenvalue weighted by Crippen LogP contribution is 2.28. The quantitative estimate of drug-likeness (QED) is 0.827. The number of methoxy groups -OCH3 is 1. The van der Waals surface area contributed by atoms with Gasteiger partial charge in [-0.3, -0.25) is 0 Å². The molecular weight excluding hydrogens is 204 g/mol. The summed E-state index contributed by atoms with van der Waals surface area (Å²) in [5.41, 5.74) is 7.64. The Morgan fingerprint density at radius 2 is 2.12 bits per heavy atom. The zero-order valence-corrected chi connectivity index (χ0v) is 9.56. The van der Waals surface area contributed by atoms with Crippen LogP contribution in [0.4, 0.5) is 5.95 Å². The Morgan fingerprint density at radius 1 is 1.38 bits per heavy atom. The van der Waals surface area contributed by atoms with Crippen LogP contribution in [0.2, 0.25) is 0 Å². The van der Waals surface area contributed by atoms with Gasteiger partial charge in [0.05, 0.1) is 12.7 Å². The van der Waals surface area contributed by atoms with Crippen molar-refractivity contribution in [1.82, 2.24) is 14.8 Å². The van der Waals surface area contributed by atoms with E-state index in [2.05, 4.69) is 10.1 Å². The zero-order valence-electron chi connectivity index (χ0n) is 9.56. The van der Waals surface area contributed by atoms with Gasteiger partial charge in [-0.15, -0.1) is 5.10 Å². The van der Waals surface area contributed by atoms with Gasteiger partial charge in [-0.1, -0.05) is 11.6 Å². The second kappa shape index (κ2) is 3.84. The molecule has 0 unspecified atom stereocenters. The SMILES string of the molecule is COc1ccc(C)cc1-c1nc(N)n(C)n1. The summed E-state index contributed by atoms with van der Waals surface area (Å²) in [6.45, 7) is 2.01. The monoisotopic (exact) mass is 218 g/mol. The van der Waals surface area contributed by atoms with E-state index in [0.717, 1.165) is 16.9 Å². The van der Waals surface area contributed by atoms with Crippen LogP contribution in [0.1, 0.15) is 5.56 Å². The molecule has 16 heavy (non-hydrogen) atoms. The second-order valence-corrected chi connectivity index (χ2v) is 3.62. The number of hydrogen-bond donors (Lipinski definition) is 1. The van der Waals surface area contributed by atoms with E-state index in [1.165, 1.54) is 4.68 Å². The minimum atomic E-state index is 0.388. The van der Waals surface area contributed by atoms with Gasteiger partial charge in [0.1, 0.15) is 5.75 Å². The molecule has 2 rings (SSSR count). The topological polar surface area (TPSA) is 66.0 Å². The Bertz CT molecular complexity index is 499. The van der Waals surface area contributed by atoms with Gasteiger partial charge >= 0.3 is 0 Å². The molecule has 0 saturated heterocycles. The number of aromatic nitrogens is 3. The van der Waals surface area contributed by atoms with Crippen LogP contribution in [0, 0.1) is 6.92 Å². The summed E-state index contributed by atoms with van der Waals surface area (Å²) in [7, 11) is 3.38. The smallest absolute Gasteiger partial charge is 0.218 e. The molecule has 1 heterocycles. The van der Waals surface area contributed by atoms with Gasteiger partial charge in [0.25, 0.3) is 0 Å². The molecule has 84 valence electrons. The first kappa shape index (κ1) is 10.5. The maximum atomic E-state index is 5.66. The summed E-state index contributed by atoms with van der Waals surface area (Å²) in [5, 5.41) is 4.23. The molecular formula is C11H14N4O. The number of benzene rings is 1. The van der Waals surface area contributed by atoms with E-state index in [9.17, 15) is 0 Å². The van der Waals surface area contributed by atoms with Crippen molar-refractivity contribution in [3.63, 3.8) is 0 Å². The van der Waals surface area contributed by atoms with Gasteiger partial charge in [-0.2, -0.15) is 4.98 Å². The Kier molecular flexibility index (Phi) is 2.52. The predicted molar refractivity (Wildman–Crippen MR) is 62.1 cm³/mol. The van der Waals surface area contributed by atoms with Gasteiger partial charge in [-0.25, -0.2) is 4.68 Å². The first-order valence-electron chi connectivity index (χ1n) is 4.93. The number of aryl methyl sites for hydroxylation is 2. The normalized spacial score (nSPS) is 10.4. The minimum absolute atomic E-state index is 0.388. The molecule has 0 bridgehead atoms. The van der Waals surface area contributed by atoms with Crippen LogP contribution in [-0.4, -0.2) is 21.9 Å². The molecule has 0 radical (unpaired) electrons. The Balaban J connectivity index is 2.57. The van der Waals surface area contributed by atoms with Crippen LogP contribution in [0.5, 0.6) is 5.75 Å². The number of rotatable bonds is 2. The molecule has 0 fully saturated rings. The lowest BCUT2D eigenvalue weighted by molar-refractivity contribution is 0.416. The Morgan fingerprint density at radius 3 is 2.69 bits per heavy atom. The number of ether oxygens (including phenoxy) is 1. The maximum absolute atomic E-state index is 5.66. The van der Waals surface area contributed by atoms with Crippen molar-refractivity contribution in [2.24, 2.45) is 7.05 Å². The van der Waals surface area contributed by atoms with E-state index < -0.39 is 0 Å². The second-order valence-electron chi connectivity index (χ2n) is 3.62. The lowest BCUT2D eigenvalue weighted by Gasteiger charge is -2.05. The highest BCUT2D eigenvalue weighted by molar-refractivity contribution is 5.65. The number of nitrogen functional groups attached to an aromatic ring is 1. The lowest BCUT2D eigenvalue weighted by Crippen LogP contribution is -1.97. The average Bonchev–Trinajstić information content (AvgIpc) is 2.59. The summed E-state index contributed by atoms with van der Waals surface area (Å²) in [5.74, 6) is 1.72. The third-order valence-electron chi connectivity index (χ3n) is 2.39. The Hall–Kier alpha value is -2.04. The van der Waals surface area contributed by atoms with Crippen molar-refractivity contribution < 1.29 is 4.74 Å². The molecule has 5 nitrogen and oxygen atoms in total. The van der Waals surface area contributed by atoms with Gasteiger partial charge in [0.15, 0.2) is 5.82 Å². The van der Waals surface area contributed by atoms with Crippen molar-refractivity contribution >= 4 is 5.95 Å². The van der Waals surface area contributed by atoms with E-state index in [-0.39, 0.29) is 0 Å². The van der Waals surface area contributed by atoms with Gasteiger partial charge < -0.3 is 10.5 Å². The summed E-state index contributed by atoms with van der Waals surface area (Å²) in [4.78, 5) is 4.18. The molecule has 0 atom stereocenters. The molecule has 0 amide bonds. The molecule has 2 N–H and O–H groups in total. The van der Waals surface area contributed by atoms with Crippen molar-refractivity contribution in [2.45, 2.75) is 6.92 Å². The van der Waals surface area contributed by atoms with E-state index in [4.69, 9.17) is 10.5 Å². The summed E-state index contributed by atoms with van der Waals surface area (Å²) >= 11 is 0. The summed E-state index contributed by atoms with van der Waals surface area (Å²) in [6, 6.07) is 5.86. The van der Waals surface area contributed by atoms with Crippen LogP contribution in [0.25, 0.3) is 11.4 Å². The first-order valence-corrected chi connectivity index (χ1v) is 4.93. The number of hydrogen-bond acceptors (Lipinski definition) is 4. The first-order chi connectivity index (χ1) is 7.61. The third kappa shape index (κ3) is 1.71. The van der Waals surface area contributed by atoms with Crippen LogP contribution in [-0.2, 0) is 7.05 Å². The van der Waals surface area contributed by atoms with Crippen molar-refractivity contribution in [1.29, 1.82) is 0 Å². The summed E-state index contributed by atoms with van der Waals surface area (Å²) in [6.07, 6.45) is 0. The van der Waals surface area contributed by atoms with E-state index in [1.807, 2.05) is 25.1 Å². The van der Waals surface area contributed by atoms with E-state index >= 15 is 0 Å². The fraction of sp³-hybridized carbons (Fsp3) is 0.273. The van der Waals surface area contributed by atoms with Crippen LogP contribution >= 0.6 is 0 Å². The zero-order chi connectivity index (χ0) is 11.7. The molecule has 0 aliphatic heterocycles. The molecule has 0 aliphatic rings. The molecule has 0 spiro atoms. The van der Waals surface area contributed by atoms with Crippen molar-refractivity contribution in [2.75, 3.05) is 12.8 Å². The fourth-order valence-corrected chi connectivity index (χ4v) is 1.51. The summed E-state index contributed by atoms with van der Waals surface area (Å²) < 4.78 is 6.81. The predicted octanol–water partition coefficient (Wildman–Crippen LogP) is 1.38. The maximum Gasteiger partial charge on any atom is 0.218 e. The van der Waals surface area contributed by atoms with Crippen LogP contribution < -0.4 is 10.5 Å². The van der Waals surface area contributed by atoms with Gasteiger partial charge in [0, 0.05) is 7.05 Å². The molecule has 5 heteroatoms. The highest BCUT2D eigenvalue weighted by atomic mass is 16.5. The lowest BCUT2D eigenvalue weighted by atomic mass is 10.1. The minimum Gasteiger partial charge on any atom is -0.496 e. The van der Waals surface area contributed by atoms with E-state index in [0.29, 0.717) is 11.8 Å². The van der Waals surface area contributed by atoms with E-state index in [1.54, 1.807) is 14.2 Å². The third-order valence-corrected chi connectivity index (χ3v) is 2.39. The molecule has 0 saturated carbocycles. The largest absolute Gasteiger partial charge is 0.496 e.